The van der Waals surface area contributed by atoms with Crippen molar-refractivity contribution in [1.82, 2.24) is 0 Å². The average Bonchev–Trinajstić information content (AvgIpc) is 2.54. The van der Waals surface area contributed by atoms with Crippen molar-refractivity contribution in [3.8, 4) is 5.75 Å². The van der Waals surface area contributed by atoms with Crippen molar-refractivity contribution in [2.45, 2.75) is 23.5 Å². The standard InChI is InChI=1S/C17H20N2O2S/c1-3-16(22-13-10-8-12(18)9-11-13)17(20)19-14-6-4-5-7-15(14)21-2/h4-11,16H,3,18H2,1-2H3,(H,19,20). The van der Waals surface area contributed by atoms with Gasteiger partial charge in [0, 0.05) is 10.6 Å². The third-order valence-corrected chi connectivity index (χ3v) is 4.56. The normalized spacial score (nSPS) is 11.7. The van der Waals surface area contributed by atoms with Gasteiger partial charge in [0.15, 0.2) is 0 Å². The van der Waals surface area contributed by atoms with Crippen LogP contribution in [-0.2, 0) is 4.79 Å². The molecule has 0 aliphatic heterocycles. The highest BCUT2D eigenvalue weighted by Gasteiger charge is 2.19. The van der Waals surface area contributed by atoms with Crippen LogP contribution in [0.2, 0.25) is 0 Å². The molecule has 22 heavy (non-hydrogen) atoms. The van der Waals surface area contributed by atoms with Crippen molar-refractivity contribution < 1.29 is 9.53 Å². The van der Waals surface area contributed by atoms with Crippen LogP contribution in [0.15, 0.2) is 53.4 Å². The molecule has 0 heterocycles. The summed E-state index contributed by atoms with van der Waals surface area (Å²) in [7, 11) is 1.59. The molecule has 4 nitrogen and oxygen atoms in total. The lowest BCUT2D eigenvalue weighted by Crippen LogP contribution is -2.24. The van der Waals surface area contributed by atoms with Crippen LogP contribution >= 0.6 is 11.8 Å². The zero-order valence-electron chi connectivity index (χ0n) is 12.7. The predicted molar refractivity (Wildman–Crippen MR) is 92.4 cm³/mol. The van der Waals surface area contributed by atoms with Gasteiger partial charge in [-0.2, -0.15) is 0 Å². The molecule has 1 unspecified atom stereocenters. The second kappa shape index (κ2) is 7.75. The van der Waals surface area contributed by atoms with E-state index in [2.05, 4.69) is 5.32 Å². The molecule has 0 spiro atoms. The van der Waals surface area contributed by atoms with Crippen LogP contribution in [0.1, 0.15) is 13.3 Å². The fourth-order valence-corrected chi connectivity index (χ4v) is 2.95. The van der Waals surface area contributed by atoms with Crippen LogP contribution in [0.25, 0.3) is 0 Å². The Labute approximate surface area is 135 Å². The number of nitrogens with two attached hydrogens (primary N) is 1. The minimum absolute atomic E-state index is 0.0335. The summed E-state index contributed by atoms with van der Waals surface area (Å²) in [6.07, 6.45) is 0.732. The molecule has 5 heteroatoms. The van der Waals surface area contributed by atoms with Crippen LogP contribution in [0, 0.1) is 0 Å². The monoisotopic (exact) mass is 316 g/mol. The number of nitrogens with one attached hydrogen (secondary N) is 1. The Morgan fingerprint density at radius 3 is 2.55 bits per heavy atom. The molecule has 0 saturated carbocycles. The van der Waals surface area contributed by atoms with Gasteiger partial charge in [-0.25, -0.2) is 0 Å². The first-order valence-electron chi connectivity index (χ1n) is 7.10. The number of anilines is 2. The highest BCUT2D eigenvalue weighted by atomic mass is 32.2. The van der Waals surface area contributed by atoms with Gasteiger partial charge in [-0.05, 0) is 42.8 Å². The van der Waals surface area contributed by atoms with Crippen molar-refractivity contribution >= 4 is 29.0 Å². The van der Waals surface area contributed by atoms with E-state index in [4.69, 9.17) is 10.5 Å². The molecule has 1 amide bonds. The van der Waals surface area contributed by atoms with Gasteiger partial charge < -0.3 is 15.8 Å². The van der Waals surface area contributed by atoms with Crippen LogP contribution in [0.4, 0.5) is 11.4 Å². The van der Waals surface area contributed by atoms with E-state index in [0.717, 1.165) is 17.0 Å². The SMILES string of the molecule is CCC(Sc1ccc(N)cc1)C(=O)Nc1ccccc1OC. The maximum atomic E-state index is 12.5. The number of rotatable bonds is 6. The molecule has 0 aliphatic carbocycles. The molecule has 0 aromatic heterocycles. The first-order chi connectivity index (χ1) is 10.6. The molecule has 2 aromatic carbocycles. The summed E-state index contributed by atoms with van der Waals surface area (Å²) in [5.41, 5.74) is 7.09. The van der Waals surface area contributed by atoms with Crippen LogP contribution in [0.3, 0.4) is 0 Å². The number of carbonyl (C=O) groups excluding carboxylic acids is 1. The lowest BCUT2D eigenvalue weighted by molar-refractivity contribution is -0.115. The molecule has 0 saturated heterocycles. The molecule has 0 aliphatic rings. The van der Waals surface area contributed by atoms with Gasteiger partial charge in [0.05, 0.1) is 18.0 Å². The van der Waals surface area contributed by atoms with E-state index in [-0.39, 0.29) is 11.2 Å². The van der Waals surface area contributed by atoms with Gasteiger partial charge in [0.25, 0.3) is 0 Å². The summed E-state index contributed by atoms with van der Waals surface area (Å²) >= 11 is 1.53. The number of benzene rings is 2. The zero-order chi connectivity index (χ0) is 15.9. The Hall–Kier alpha value is -2.14. The average molecular weight is 316 g/mol. The fraction of sp³-hybridized carbons (Fsp3) is 0.235. The third-order valence-electron chi connectivity index (χ3n) is 3.19. The van der Waals surface area contributed by atoms with E-state index in [1.54, 1.807) is 7.11 Å². The largest absolute Gasteiger partial charge is 0.495 e. The maximum absolute atomic E-state index is 12.5. The highest BCUT2D eigenvalue weighted by molar-refractivity contribution is 8.00. The van der Waals surface area contributed by atoms with Gasteiger partial charge in [-0.15, -0.1) is 11.8 Å². The molecule has 0 fully saturated rings. The maximum Gasteiger partial charge on any atom is 0.237 e. The minimum Gasteiger partial charge on any atom is -0.495 e. The van der Waals surface area contributed by atoms with Crippen molar-refractivity contribution in [3.63, 3.8) is 0 Å². The fourth-order valence-electron chi connectivity index (χ4n) is 1.99. The zero-order valence-corrected chi connectivity index (χ0v) is 13.5. The molecular weight excluding hydrogens is 296 g/mol. The Balaban J connectivity index is 2.07. The predicted octanol–water partition coefficient (Wildman–Crippen LogP) is 3.79. The van der Waals surface area contributed by atoms with E-state index in [0.29, 0.717) is 11.4 Å². The third kappa shape index (κ3) is 4.18. The first kappa shape index (κ1) is 16.2. The molecule has 2 aromatic rings. The number of nitrogen functional groups attached to an aromatic ring is 1. The Bertz CT molecular complexity index is 629. The van der Waals surface area contributed by atoms with Crippen LogP contribution in [-0.4, -0.2) is 18.3 Å². The lowest BCUT2D eigenvalue weighted by atomic mass is 10.2. The van der Waals surface area contributed by atoms with Crippen molar-refractivity contribution in [3.05, 3.63) is 48.5 Å². The minimum atomic E-state index is -0.173. The molecule has 116 valence electrons. The van der Waals surface area contributed by atoms with Crippen molar-refractivity contribution in [1.29, 1.82) is 0 Å². The number of ether oxygens (including phenoxy) is 1. The Morgan fingerprint density at radius 2 is 1.91 bits per heavy atom. The second-order valence-electron chi connectivity index (χ2n) is 4.77. The Kier molecular flexibility index (Phi) is 5.72. The van der Waals surface area contributed by atoms with Crippen LogP contribution in [0.5, 0.6) is 5.75 Å². The quantitative estimate of drug-likeness (QED) is 0.629. The summed E-state index contributed by atoms with van der Waals surface area (Å²) in [4.78, 5) is 13.5. The summed E-state index contributed by atoms with van der Waals surface area (Å²) in [5.74, 6) is 0.622. The number of para-hydroxylation sites is 2. The molecule has 2 rings (SSSR count). The van der Waals surface area contributed by atoms with E-state index in [9.17, 15) is 4.79 Å². The molecule has 0 bridgehead atoms. The molecule has 3 N–H and O–H groups in total. The molecule has 0 radical (unpaired) electrons. The van der Waals surface area contributed by atoms with Gasteiger partial charge >= 0.3 is 0 Å². The van der Waals surface area contributed by atoms with Crippen molar-refractivity contribution in [2.75, 3.05) is 18.2 Å². The van der Waals surface area contributed by atoms with Gasteiger partial charge in [-0.1, -0.05) is 19.1 Å². The van der Waals surface area contributed by atoms with Gasteiger partial charge in [-0.3, -0.25) is 4.79 Å². The van der Waals surface area contributed by atoms with E-state index in [1.807, 2.05) is 55.5 Å². The summed E-state index contributed by atoms with van der Waals surface area (Å²) in [6.45, 7) is 2.00. The number of carbonyl (C=O) groups is 1. The first-order valence-corrected chi connectivity index (χ1v) is 7.98. The number of hydrogen-bond acceptors (Lipinski definition) is 4. The van der Waals surface area contributed by atoms with Gasteiger partial charge in [0.1, 0.15) is 5.75 Å². The van der Waals surface area contributed by atoms with Crippen LogP contribution < -0.4 is 15.8 Å². The topological polar surface area (TPSA) is 64.4 Å². The molecular formula is C17H20N2O2S. The van der Waals surface area contributed by atoms with Gasteiger partial charge in [0.2, 0.25) is 5.91 Å². The second-order valence-corrected chi connectivity index (χ2v) is 6.05. The van der Waals surface area contributed by atoms with E-state index >= 15 is 0 Å². The number of thioether (sulfide) groups is 1. The highest BCUT2D eigenvalue weighted by Crippen LogP contribution is 2.29. The number of methoxy groups -OCH3 is 1. The molecule has 1 atom stereocenters. The smallest absolute Gasteiger partial charge is 0.237 e. The number of amides is 1. The summed E-state index contributed by atoms with van der Waals surface area (Å²) in [5, 5.41) is 2.76. The summed E-state index contributed by atoms with van der Waals surface area (Å²) in [6, 6.07) is 14.9. The number of hydrogen-bond donors (Lipinski definition) is 2. The summed E-state index contributed by atoms with van der Waals surface area (Å²) < 4.78 is 5.26. The van der Waals surface area contributed by atoms with Crippen molar-refractivity contribution in [2.24, 2.45) is 0 Å². The lowest BCUT2D eigenvalue weighted by Gasteiger charge is -2.16. The Morgan fingerprint density at radius 1 is 1.23 bits per heavy atom. The van der Waals surface area contributed by atoms with E-state index in [1.165, 1.54) is 11.8 Å². The van der Waals surface area contributed by atoms with E-state index < -0.39 is 0 Å².